The lowest BCUT2D eigenvalue weighted by Gasteiger charge is -2.10. The monoisotopic (exact) mass is 263 g/mol. The van der Waals surface area contributed by atoms with Gasteiger partial charge in [0.15, 0.2) is 0 Å². The number of aliphatic hydroxyl groups is 1. The van der Waals surface area contributed by atoms with Gasteiger partial charge in [-0.2, -0.15) is 0 Å². The second-order valence-electron chi connectivity index (χ2n) is 5.22. The van der Waals surface area contributed by atoms with Gasteiger partial charge in [-0.25, -0.2) is 0 Å². The van der Waals surface area contributed by atoms with E-state index in [0.29, 0.717) is 6.54 Å². The number of carbonyl (C=O) groups excluding carboxylic acids is 1. The van der Waals surface area contributed by atoms with Crippen LogP contribution in [-0.4, -0.2) is 31.3 Å². The number of hydrogen-bond acceptors (Lipinski definition) is 3. The molecule has 0 aromatic heterocycles. The van der Waals surface area contributed by atoms with Gasteiger partial charge in [-0.3, -0.25) is 4.79 Å². The molecular weight excluding hydrogens is 242 g/mol. The Bertz CT molecular complexity index is 447. The van der Waals surface area contributed by atoms with Crippen LogP contribution < -0.4 is 10.1 Å². The van der Waals surface area contributed by atoms with Gasteiger partial charge in [0.2, 0.25) is 5.91 Å². The lowest BCUT2D eigenvalue weighted by Crippen LogP contribution is -2.31. The molecule has 0 bridgehead atoms. The van der Waals surface area contributed by atoms with Gasteiger partial charge >= 0.3 is 0 Å². The predicted octanol–water partition coefficient (Wildman–Crippen LogP) is 1.54. The number of aliphatic hydroxyl groups excluding tert-OH is 1. The molecule has 1 aromatic rings. The van der Waals surface area contributed by atoms with E-state index in [2.05, 4.69) is 5.32 Å². The maximum absolute atomic E-state index is 12.0. The van der Waals surface area contributed by atoms with Crippen LogP contribution in [0.25, 0.3) is 0 Å². The van der Waals surface area contributed by atoms with Crippen LogP contribution in [0.5, 0.6) is 5.75 Å². The van der Waals surface area contributed by atoms with Gasteiger partial charge < -0.3 is 15.2 Å². The number of benzene rings is 1. The first-order valence-electron chi connectivity index (χ1n) is 6.68. The van der Waals surface area contributed by atoms with Crippen molar-refractivity contribution in [3.05, 3.63) is 29.8 Å². The van der Waals surface area contributed by atoms with Crippen molar-refractivity contribution in [2.45, 2.75) is 19.3 Å². The number of ether oxygens (including phenoxy) is 1. The van der Waals surface area contributed by atoms with Crippen molar-refractivity contribution < 1.29 is 14.6 Å². The average molecular weight is 263 g/mol. The van der Waals surface area contributed by atoms with E-state index in [1.54, 1.807) is 7.11 Å². The third kappa shape index (κ3) is 3.26. The summed E-state index contributed by atoms with van der Waals surface area (Å²) in [6.45, 7) is 2.54. The Morgan fingerprint density at radius 2 is 2.26 bits per heavy atom. The molecule has 4 nitrogen and oxygen atoms in total. The van der Waals surface area contributed by atoms with E-state index >= 15 is 0 Å². The molecule has 0 spiro atoms. The van der Waals surface area contributed by atoms with Crippen LogP contribution in [0.2, 0.25) is 0 Å². The Morgan fingerprint density at radius 1 is 1.53 bits per heavy atom. The smallest absolute Gasteiger partial charge is 0.223 e. The van der Waals surface area contributed by atoms with Crippen molar-refractivity contribution in [2.75, 3.05) is 20.3 Å². The molecule has 19 heavy (non-hydrogen) atoms. The topological polar surface area (TPSA) is 58.6 Å². The minimum atomic E-state index is 0.0437. The summed E-state index contributed by atoms with van der Waals surface area (Å²) < 4.78 is 5.33. The summed E-state index contributed by atoms with van der Waals surface area (Å²) >= 11 is 0. The van der Waals surface area contributed by atoms with Crippen LogP contribution in [0, 0.1) is 11.8 Å². The molecule has 0 heterocycles. The van der Waals surface area contributed by atoms with Crippen molar-refractivity contribution in [1.82, 2.24) is 5.32 Å². The molecule has 2 rings (SSSR count). The van der Waals surface area contributed by atoms with Crippen LogP contribution in [-0.2, 0) is 4.79 Å². The molecule has 1 aliphatic rings. The fraction of sp³-hybridized carbons (Fsp3) is 0.533. The van der Waals surface area contributed by atoms with Gasteiger partial charge in [-0.1, -0.05) is 25.1 Å². The summed E-state index contributed by atoms with van der Waals surface area (Å²) in [6.07, 6.45) is 0.875. The quantitative estimate of drug-likeness (QED) is 0.818. The first-order chi connectivity index (χ1) is 9.17. The van der Waals surface area contributed by atoms with Crippen LogP contribution >= 0.6 is 0 Å². The SMILES string of the molecule is COc1ccccc1C1CC1C(=O)NCC(C)CO. The number of rotatable bonds is 6. The summed E-state index contributed by atoms with van der Waals surface area (Å²) in [7, 11) is 1.65. The summed E-state index contributed by atoms with van der Waals surface area (Å²) in [5.74, 6) is 1.35. The normalized spacial score (nSPS) is 22.7. The molecule has 3 atom stereocenters. The van der Waals surface area contributed by atoms with Gasteiger partial charge in [0.05, 0.1) is 7.11 Å². The lowest BCUT2D eigenvalue weighted by molar-refractivity contribution is -0.122. The van der Waals surface area contributed by atoms with E-state index in [-0.39, 0.29) is 30.3 Å². The summed E-state index contributed by atoms with van der Waals surface area (Å²) in [6, 6.07) is 7.85. The number of para-hydroxylation sites is 1. The van der Waals surface area contributed by atoms with E-state index in [4.69, 9.17) is 9.84 Å². The van der Waals surface area contributed by atoms with E-state index < -0.39 is 0 Å². The maximum Gasteiger partial charge on any atom is 0.223 e. The minimum Gasteiger partial charge on any atom is -0.496 e. The Hall–Kier alpha value is -1.55. The third-order valence-electron chi connectivity index (χ3n) is 3.60. The van der Waals surface area contributed by atoms with Crippen molar-refractivity contribution in [3.8, 4) is 5.75 Å². The second kappa shape index (κ2) is 6.06. The van der Waals surface area contributed by atoms with E-state index in [0.717, 1.165) is 17.7 Å². The van der Waals surface area contributed by atoms with Crippen molar-refractivity contribution in [2.24, 2.45) is 11.8 Å². The number of hydrogen-bond donors (Lipinski definition) is 2. The molecule has 1 aliphatic carbocycles. The largest absolute Gasteiger partial charge is 0.496 e. The summed E-state index contributed by atoms with van der Waals surface area (Å²) in [4.78, 5) is 12.0. The fourth-order valence-corrected chi connectivity index (χ4v) is 2.27. The molecular formula is C15H21NO3. The highest BCUT2D eigenvalue weighted by Crippen LogP contribution is 2.50. The molecule has 1 fully saturated rings. The molecule has 0 aliphatic heterocycles. The Labute approximate surface area is 113 Å². The summed E-state index contributed by atoms with van der Waals surface area (Å²) in [5.41, 5.74) is 1.11. The molecule has 0 saturated heterocycles. The van der Waals surface area contributed by atoms with Crippen LogP contribution in [0.1, 0.15) is 24.8 Å². The predicted molar refractivity (Wildman–Crippen MR) is 73.1 cm³/mol. The number of methoxy groups -OCH3 is 1. The second-order valence-corrected chi connectivity index (χ2v) is 5.22. The molecule has 0 radical (unpaired) electrons. The van der Waals surface area contributed by atoms with Crippen molar-refractivity contribution in [3.63, 3.8) is 0 Å². The number of nitrogens with one attached hydrogen (secondary N) is 1. The zero-order chi connectivity index (χ0) is 13.8. The van der Waals surface area contributed by atoms with Crippen molar-refractivity contribution >= 4 is 5.91 Å². The van der Waals surface area contributed by atoms with Crippen LogP contribution in [0.15, 0.2) is 24.3 Å². The fourth-order valence-electron chi connectivity index (χ4n) is 2.27. The highest BCUT2D eigenvalue weighted by Gasteiger charge is 2.45. The molecule has 2 N–H and O–H groups in total. The molecule has 4 heteroatoms. The number of amides is 1. The number of carbonyl (C=O) groups is 1. The Kier molecular flexibility index (Phi) is 4.43. The van der Waals surface area contributed by atoms with Crippen LogP contribution in [0.3, 0.4) is 0 Å². The van der Waals surface area contributed by atoms with Gasteiger partial charge in [0, 0.05) is 19.1 Å². The Balaban J connectivity index is 1.91. The van der Waals surface area contributed by atoms with E-state index in [1.807, 2.05) is 31.2 Å². The van der Waals surface area contributed by atoms with Crippen molar-refractivity contribution in [1.29, 1.82) is 0 Å². The molecule has 1 saturated carbocycles. The average Bonchev–Trinajstić information content (AvgIpc) is 3.24. The zero-order valence-corrected chi connectivity index (χ0v) is 11.4. The first-order valence-corrected chi connectivity index (χ1v) is 6.68. The van der Waals surface area contributed by atoms with Gasteiger partial charge in [-0.15, -0.1) is 0 Å². The highest BCUT2D eigenvalue weighted by molar-refractivity contribution is 5.83. The van der Waals surface area contributed by atoms with Gasteiger partial charge in [-0.05, 0) is 29.9 Å². The standard InChI is InChI=1S/C15H21NO3/c1-10(9-17)8-16-15(18)13-7-12(13)11-5-3-4-6-14(11)19-2/h3-6,10,12-13,17H,7-9H2,1-2H3,(H,16,18). The lowest BCUT2D eigenvalue weighted by atomic mass is 10.1. The third-order valence-corrected chi connectivity index (χ3v) is 3.60. The molecule has 3 unspecified atom stereocenters. The van der Waals surface area contributed by atoms with Gasteiger partial charge in [0.25, 0.3) is 0 Å². The maximum atomic E-state index is 12.0. The molecule has 1 aromatic carbocycles. The molecule has 104 valence electrons. The van der Waals surface area contributed by atoms with Gasteiger partial charge in [0.1, 0.15) is 5.75 Å². The first kappa shape index (κ1) is 13.9. The zero-order valence-electron chi connectivity index (χ0n) is 11.4. The summed E-state index contributed by atoms with van der Waals surface area (Å²) in [5, 5.41) is 11.8. The van der Waals surface area contributed by atoms with E-state index in [9.17, 15) is 4.79 Å². The minimum absolute atomic E-state index is 0.0437. The molecule has 1 amide bonds. The highest BCUT2D eigenvalue weighted by atomic mass is 16.5. The van der Waals surface area contributed by atoms with E-state index in [1.165, 1.54) is 0 Å². The van der Waals surface area contributed by atoms with Crippen LogP contribution in [0.4, 0.5) is 0 Å². The Morgan fingerprint density at radius 3 is 2.95 bits per heavy atom.